The van der Waals surface area contributed by atoms with Gasteiger partial charge in [0, 0.05) is 31.6 Å². The van der Waals surface area contributed by atoms with Crippen molar-refractivity contribution < 1.29 is 14.3 Å². The van der Waals surface area contributed by atoms with E-state index in [1.165, 1.54) is 4.57 Å². The molecule has 0 bridgehead atoms. The number of hydrogen-bond acceptors (Lipinski definition) is 5. The summed E-state index contributed by atoms with van der Waals surface area (Å²) in [5, 5.41) is 9.34. The Morgan fingerprint density at radius 3 is 2.67 bits per heavy atom. The number of halogens is 1. The maximum absolute atomic E-state index is 14.6. The average Bonchev–Trinajstić information content (AvgIpc) is 3.20. The average molecular weight is 374 g/mol. The number of aromatic nitrogens is 2. The van der Waals surface area contributed by atoms with Crippen LogP contribution in [-0.2, 0) is 6.54 Å². The molecule has 2 fully saturated rings. The summed E-state index contributed by atoms with van der Waals surface area (Å²) >= 11 is 0. The number of carboxylic acids is 1. The molecule has 1 unspecified atom stereocenters. The van der Waals surface area contributed by atoms with Crippen LogP contribution in [0.25, 0.3) is 11.0 Å². The van der Waals surface area contributed by atoms with Gasteiger partial charge in [0.1, 0.15) is 11.5 Å². The number of fused-ring (bicyclic) bond motifs is 1. The first-order valence-corrected chi connectivity index (χ1v) is 9.25. The molecule has 1 atom stereocenters. The third-order valence-electron chi connectivity index (χ3n) is 5.95. The summed E-state index contributed by atoms with van der Waals surface area (Å²) in [7, 11) is 2.13. The maximum atomic E-state index is 14.6. The van der Waals surface area contributed by atoms with Crippen LogP contribution in [0.1, 0.15) is 30.1 Å². The monoisotopic (exact) mass is 374 g/mol. The molecule has 144 valence electrons. The molecule has 2 aliphatic rings. The Kier molecular flexibility index (Phi) is 4.18. The van der Waals surface area contributed by atoms with Gasteiger partial charge < -0.3 is 19.5 Å². The molecular formula is C19H23FN4O3. The highest BCUT2D eigenvalue weighted by Crippen LogP contribution is 2.40. The lowest BCUT2D eigenvalue weighted by Gasteiger charge is -2.24. The predicted molar refractivity (Wildman–Crippen MR) is 100.0 cm³/mol. The fraction of sp³-hybridized carbons (Fsp3) is 0.526. The molecule has 7 nitrogen and oxygen atoms in total. The van der Waals surface area contributed by atoms with Gasteiger partial charge >= 0.3 is 5.97 Å². The van der Waals surface area contributed by atoms with E-state index in [4.69, 9.17) is 0 Å². The highest BCUT2D eigenvalue weighted by Gasteiger charge is 2.42. The molecule has 2 saturated heterocycles. The normalized spacial score (nSPS) is 23.0. The first-order chi connectivity index (χ1) is 12.8. The van der Waals surface area contributed by atoms with Crippen molar-refractivity contribution >= 4 is 22.8 Å². The van der Waals surface area contributed by atoms with E-state index >= 15 is 0 Å². The van der Waals surface area contributed by atoms with Crippen LogP contribution in [0.15, 0.2) is 16.9 Å². The molecule has 27 heavy (non-hydrogen) atoms. The Labute approximate surface area is 156 Å². The molecule has 4 heterocycles. The largest absolute Gasteiger partial charge is 0.477 e. The zero-order chi connectivity index (χ0) is 19.3. The number of carboxylic acid groups (broad SMARTS) is 1. The molecule has 0 aliphatic carbocycles. The molecule has 1 N–H and O–H groups in total. The van der Waals surface area contributed by atoms with Gasteiger partial charge in [-0.3, -0.25) is 4.79 Å². The smallest absolute Gasteiger partial charge is 0.344 e. The standard InChI is InChI=1S/C19H23FN4O3/c1-3-24-16(20)14(18(26)27)15(25)12-4-5-13(21-17(12)24)23-9-7-19(11-23)6-8-22(2)10-19/h4-5H,3,6-11H2,1-2H3,(H,26,27). The lowest BCUT2D eigenvalue weighted by Crippen LogP contribution is -2.30. The minimum atomic E-state index is -1.56. The van der Waals surface area contributed by atoms with Crippen molar-refractivity contribution in [1.29, 1.82) is 0 Å². The molecule has 4 rings (SSSR count). The third-order valence-corrected chi connectivity index (χ3v) is 5.95. The van der Waals surface area contributed by atoms with Gasteiger partial charge in [-0.1, -0.05) is 0 Å². The van der Waals surface area contributed by atoms with E-state index in [2.05, 4.69) is 21.8 Å². The second-order valence-corrected chi connectivity index (χ2v) is 7.74. The van der Waals surface area contributed by atoms with Crippen LogP contribution in [-0.4, -0.2) is 58.8 Å². The van der Waals surface area contributed by atoms with Crippen molar-refractivity contribution in [3.63, 3.8) is 0 Å². The lowest BCUT2D eigenvalue weighted by molar-refractivity contribution is 0.0688. The van der Waals surface area contributed by atoms with Crippen LogP contribution in [0, 0.1) is 11.4 Å². The zero-order valence-electron chi connectivity index (χ0n) is 15.5. The second kappa shape index (κ2) is 6.30. The predicted octanol–water partition coefficient (Wildman–Crippen LogP) is 1.79. The highest BCUT2D eigenvalue weighted by atomic mass is 19.1. The summed E-state index contributed by atoms with van der Waals surface area (Å²) in [4.78, 5) is 32.8. The van der Waals surface area contributed by atoms with E-state index < -0.39 is 22.9 Å². The summed E-state index contributed by atoms with van der Waals surface area (Å²) < 4.78 is 15.8. The Bertz CT molecular complexity index is 989. The van der Waals surface area contributed by atoms with Gasteiger partial charge in [0.05, 0.1) is 5.39 Å². The van der Waals surface area contributed by atoms with E-state index in [-0.39, 0.29) is 23.0 Å². The van der Waals surface area contributed by atoms with E-state index in [0.717, 1.165) is 39.0 Å². The van der Waals surface area contributed by atoms with Crippen molar-refractivity contribution in [2.45, 2.75) is 26.3 Å². The van der Waals surface area contributed by atoms with Gasteiger partial charge in [-0.25, -0.2) is 9.78 Å². The zero-order valence-corrected chi connectivity index (χ0v) is 15.5. The number of aromatic carboxylic acids is 1. The fourth-order valence-corrected chi connectivity index (χ4v) is 4.55. The van der Waals surface area contributed by atoms with Crippen LogP contribution in [0.4, 0.5) is 10.2 Å². The molecule has 8 heteroatoms. The van der Waals surface area contributed by atoms with Crippen LogP contribution < -0.4 is 10.3 Å². The van der Waals surface area contributed by atoms with Crippen molar-refractivity contribution in [2.24, 2.45) is 5.41 Å². The van der Waals surface area contributed by atoms with Crippen molar-refractivity contribution in [3.05, 3.63) is 33.9 Å². The Morgan fingerprint density at radius 1 is 1.30 bits per heavy atom. The van der Waals surface area contributed by atoms with Crippen LogP contribution in [0.2, 0.25) is 0 Å². The molecule has 0 radical (unpaired) electrons. The van der Waals surface area contributed by atoms with Crippen LogP contribution >= 0.6 is 0 Å². The second-order valence-electron chi connectivity index (χ2n) is 7.74. The van der Waals surface area contributed by atoms with E-state index in [1.54, 1.807) is 19.1 Å². The molecule has 1 spiro atoms. The molecule has 0 saturated carbocycles. The van der Waals surface area contributed by atoms with E-state index in [1.807, 2.05) is 0 Å². The fourth-order valence-electron chi connectivity index (χ4n) is 4.55. The summed E-state index contributed by atoms with van der Waals surface area (Å²) in [5.74, 6) is -1.89. The Hall–Kier alpha value is -2.48. The van der Waals surface area contributed by atoms with Crippen molar-refractivity contribution in [3.8, 4) is 0 Å². The number of hydrogen-bond donors (Lipinski definition) is 1. The maximum Gasteiger partial charge on any atom is 0.344 e. The first-order valence-electron chi connectivity index (χ1n) is 9.25. The SMILES string of the molecule is CCn1c(F)c(C(=O)O)c(=O)c2ccc(N3CCC4(CCN(C)C4)C3)nc21. The van der Waals surface area contributed by atoms with Crippen LogP contribution in [0.5, 0.6) is 0 Å². The number of carbonyl (C=O) groups is 1. The van der Waals surface area contributed by atoms with Crippen molar-refractivity contribution in [2.75, 3.05) is 38.1 Å². The molecule has 0 amide bonds. The molecule has 2 aromatic heterocycles. The Morgan fingerprint density at radius 2 is 2.04 bits per heavy atom. The number of anilines is 1. The molecule has 2 aromatic rings. The minimum absolute atomic E-state index is 0.133. The molecule has 2 aliphatic heterocycles. The van der Waals surface area contributed by atoms with Gasteiger partial charge in [-0.05, 0) is 45.5 Å². The third kappa shape index (κ3) is 2.79. The van der Waals surface area contributed by atoms with Crippen molar-refractivity contribution in [1.82, 2.24) is 14.5 Å². The van der Waals surface area contributed by atoms with Gasteiger partial charge in [0.2, 0.25) is 11.4 Å². The number of likely N-dealkylation sites (tertiary alicyclic amines) is 1. The topological polar surface area (TPSA) is 78.7 Å². The molecular weight excluding hydrogens is 351 g/mol. The molecule has 0 aromatic carbocycles. The van der Waals surface area contributed by atoms with E-state index in [0.29, 0.717) is 5.82 Å². The summed E-state index contributed by atoms with van der Waals surface area (Å²) in [5.41, 5.74) is -1.18. The number of aryl methyl sites for hydroxylation is 1. The number of rotatable bonds is 3. The Balaban J connectivity index is 1.78. The van der Waals surface area contributed by atoms with Gasteiger partial charge in [-0.2, -0.15) is 4.39 Å². The van der Waals surface area contributed by atoms with E-state index in [9.17, 15) is 19.1 Å². The quantitative estimate of drug-likeness (QED) is 0.826. The first kappa shape index (κ1) is 17.9. The summed E-state index contributed by atoms with van der Waals surface area (Å²) in [6.45, 7) is 5.81. The highest BCUT2D eigenvalue weighted by molar-refractivity contribution is 5.92. The van der Waals surface area contributed by atoms with Gasteiger partial charge in [0.15, 0.2) is 5.56 Å². The van der Waals surface area contributed by atoms with Gasteiger partial charge in [-0.15, -0.1) is 0 Å². The minimum Gasteiger partial charge on any atom is -0.477 e. The van der Waals surface area contributed by atoms with Crippen LogP contribution in [0.3, 0.4) is 0 Å². The summed E-state index contributed by atoms with van der Waals surface area (Å²) in [6.07, 6.45) is 2.24. The lowest BCUT2D eigenvalue weighted by atomic mass is 9.86. The van der Waals surface area contributed by atoms with Gasteiger partial charge in [0.25, 0.3) is 0 Å². The number of pyridine rings is 2. The number of nitrogens with zero attached hydrogens (tertiary/aromatic N) is 4. The summed E-state index contributed by atoms with van der Waals surface area (Å²) in [6, 6.07) is 3.31.